The minimum absolute atomic E-state index is 0.137. The van der Waals surface area contributed by atoms with Crippen molar-refractivity contribution in [1.82, 2.24) is 10.3 Å². The highest BCUT2D eigenvalue weighted by Gasteiger charge is 2.33. The first-order valence-electron chi connectivity index (χ1n) is 5.91. The van der Waals surface area contributed by atoms with Crippen LogP contribution in [0.5, 0.6) is 0 Å². The van der Waals surface area contributed by atoms with E-state index in [0.29, 0.717) is 5.01 Å². The van der Waals surface area contributed by atoms with Gasteiger partial charge in [-0.2, -0.15) is 13.2 Å². The van der Waals surface area contributed by atoms with E-state index in [1.165, 1.54) is 0 Å². The molecule has 2 N–H and O–H groups in total. The van der Waals surface area contributed by atoms with Crippen molar-refractivity contribution >= 4 is 11.3 Å². The van der Waals surface area contributed by atoms with Crippen molar-refractivity contribution in [2.24, 2.45) is 0 Å². The quantitative estimate of drug-likeness (QED) is 0.892. The molecule has 1 heterocycles. The zero-order chi connectivity index (χ0) is 14.6. The average Bonchev–Trinajstić information content (AvgIpc) is 2.89. The number of nitrogens with zero attached hydrogens (tertiary/aromatic N) is 1. The number of rotatable bonds is 5. The topological polar surface area (TPSA) is 45.1 Å². The van der Waals surface area contributed by atoms with Gasteiger partial charge < -0.3 is 10.4 Å². The van der Waals surface area contributed by atoms with Gasteiger partial charge in [-0.1, -0.05) is 30.3 Å². The van der Waals surface area contributed by atoms with E-state index < -0.39 is 11.9 Å². The number of aliphatic hydroxyl groups excluding tert-OH is 1. The molecule has 0 aliphatic carbocycles. The summed E-state index contributed by atoms with van der Waals surface area (Å²) in [5, 5.41) is 13.7. The smallest absolute Gasteiger partial charge is 0.394 e. The highest BCUT2D eigenvalue weighted by Crippen LogP contribution is 2.30. The molecule has 2 aromatic rings. The summed E-state index contributed by atoms with van der Waals surface area (Å²) in [7, 11) is 0. The fourth-order valence-electron chi connectivity index (χ4n) is 1.71. The molecular formula is C13H13F3N2OS. The van der Waals surface area contributed by atoms with E-state index in [-0.39, 0.29) is 19.2 Å². The zero-order valence-electron chi connectivity index (χ0n) is 10.4. The molecule has 0 saturated heterocycles. The Morgan fingerprint density at radius 1 is 1.25 bits per heavy atom. The van der Waals surface area contributed by atoms with E-state index in [9.17, 15) is 18.3 Å². The molecule has 0 amide bonds. The number of alkyl halides is 3. The Kier molecular flexibility index (Phi) is 4.74. The molecule has 2 rings (SSSR count). The van der Waals surface area contributed by atoms with E-state index in [1.807, 2.05) is 30.3 Å². The maximum atomic E-state index is 12.4. The standard InChI is InChI=1S/C13H13F3N2OS/c14-13(15,16)11-8-20-12(18-11)6-17-10(7-19)9-4-2-1-3-5-9/h1-5,8,10,17,19H,6-7H2. The van der Waals surface area contributed by atoms with Crippen molar-refractivity contribution in [1.29, 1.82) is 0 Å². The normalized spacial score (nSPS) is 13.4. The first kappa shape index (κ1) is 15.0. The van der Waals surface area contributed by atoms with Gasteiger partial charge in [-0.15, -0.1) is 11.3 Å². The molecule has 0 bridgehead atoms. The van der Waals surface area contributed by atoms with E-state index >= 15 is 0 Å². The van der Waals surface area contributed by atoms with Gasteiger partial charge in [0.05, 0.1) is 12.6 Å². The lowest BCUT2D eigenvalue weighted by atomic mass is 10.1. The van der Waals surface area contributed by atoms with Gasteiger partial charge in [0, 0.05) is 11.9 Å². The molecule has 108 valence electrons. The van der Waals surface area contributed by atoms with Crippen LogP contribution >= 0.6 is 11.3 Å². The van der Waals surface area contributed by atoms with E-state index in [0.717, 1.165) is 22.3 Å². The molecule has 0 aliphatic rings. The second kappa shape index (κ2) is 6.34. The fraction of sp³-hybridized carbons (Fsp3) is 0.308. The predicted molar refractivity (Wildman–Crippen MR) is 70.2 cm³/mol. The van der Waals surface area contributed by atoms with E-state index in [4.69, 9.17) is 0 Å². The summed E-state index contributed by atoms with van der Waals surface area (Å²) < 4.78 is 37.2. The Labute approximate surface area is 118 Å². The molecule has 0 saturated carbocycles. The summed E-state index contributed by atoms with van der Waals surface area (Å²) in [6.07, 6.45) is -4.41. The first-order valence-corrected chi connectivity index (χ1v) is 6.79. The Bertz CT molecular complexity index is 542. The second-order valence-electron chi connectivity index (χ2n) is 4.15. The molecule has 3 nitrogen and oxygen atoms in total. The molecule has 1 unspecified atom stereocenters. The van der Waals surface area contributed by atoms with Crippen molar-refractivity contribution in [2.45, 2.75) is 18.8 Å². The molecule has 0 aliphatic heterocycles. The Morgan fingerprint density at radius 2 is 1.95 bits per heavy atom. The van der Waals surface area contributed by atoms with E-state index in [2.05, 4.69) is 10.3 Å². The number of thiazole rings is 1. The van der Waals surface area contributed by atoms with Crippen molar-refractivity contribution in [2.75, 3.05) is 6.61 Å². The third kappa shape index (κ3) is 3.78. The summed E-state index contributed by atoms with van der Waals surface area (Å²) in [6, 6.07) is 8.90. The van der Waals surface area contributed by atoms with Crippen LogP contribution in [0.3, 0.4) is 0 Å². The molecule has 1 atom stereocenters. The summed E-state index contributed by atoms with van der Waals surface area (Å²) in [5.41, 5.74) is 0.00200. The van der Waals surface area contributed by atoms with Gasteiger partial charge in [0.15, 0.2) is 5.69 Å². The Balaban J connectivity index is 1.99. The van der Waals surface area contributed by atoms with Gasteiger partial charge in [-0.25, -0.2) is 4.98 Å². The van der Waals surface area contributed by atoms with Crippen molar-refractivity contribution < 1.29 is 18.3 Å². The molecule has 1 aromatic heterocycles. The van der Waals surface area contributed by atoms with Crippen LogP contribution in [0.1, 0.15) is 22.3 Å². The predicted octanol–water partition coefficient (Wildman–Crippen LogP) is 2.99. The van der Waals surface area contributed by atoms with Crippen LogP contribution in [0, 0.1) is 0 Å². The number of aromatic nitrogens is 1. The molecule has 0 radical (unpaired) electrons. The number of hydrogen-bond acceptors (Lipinski definition) is 4. The van der Waals surface area contributed by atoms with Gasteiger partial charge in [0.1, 0.15) is 5.01 Å². The van der Waals surface area contributed by atoms with Crippen LogP contribution in [0.4, 0.5) is 13.2 Å². The molecule has 20 heavy (non-hydrogen) atoms. The number of aliphatic hydroxyl groups is 1. The molecule has 0 fully saturated rings. The minimum Gasteiger partial charge on any atom is -0.394 e. The molecule has 7 heteroatoms. The maximum absolute atomic E-state index is 12.4. The summed E-state index contributed by atoms with van der Waals surface area (Å²) in [5.74, 6) is 0. The molecule has 0 spiro atoms. The second-order valence-corrected chi connectivity index (χ2v) is 5.09. The van der Waals surface area contributed by atoms with Crippen LogP contribution in [0.25, 0.3) is 0 Å². The molecular weight excluding hydrogens is 289 g/mol. The van der Waals surface area contributed by atoms with Crippen LogP contribution in [-0.4, -0.2) is 16.7 Å². The van der Waals surface area contributed by atoms with Gasteiger partial charge >= 0.3 is 6.18 Å². The van der Waals surface area contributed by atoms with Crippen molar-refractivity contribution in [3.8, 4) is 0 Å². The van der Waals surface area contributed by atoms with Crippen molar-refractivity contribution in [3.05, 3.63) is 52.0 Å². The Hall–Kier alpha value is -1.44. The lowest BCUT2D eigenvalue weighted by molar-refractivity contribution is -0.140. The lowest BCUT2D eigenvalue weighted by Crippen LogP contribution is -2.24. The largest absolute Gasteiger partial charge is 0.434 e. The summed E-state index contributed by atoms with van der Waals surface area (Å²) in [6.45, 7) is 0.0440. The first-order chi connectivity index (χ1) is 9.50. The van der Waals surface area contributed by atoms with Gasteiger partial charge in [-0.3, -0.25) is 0 Å². The van der Waals surface area contributed by atoms with Crippen molar-refractivity contribution in [3.63, 3.8) is 0 Å². The van der Waals surface area contributed by atoms with Crippen LogP contribution in [-0.2, 0) is 12.7 Å². The maximum Gasteiger partial charge on any atom is 0.434 e. The van der Waals surface area contributed by atoms with Crippen LogP contribution in [0.2, 0.25) is 0 Å². The average molecular weight is 302 g/mol. The summed E-state index contributed by atoms with van der Waals surface area (Å²) >= 11 is 0.949. The number of nitrogens with one attached hydrogen (secondary N) is 1. The van der Waals surface area contributed by atoms with Crippen LogP contribution < -0.4 is 5.32 Å². The Morgan fingerprint density at radius 3 is 2.50 bits per heavy atom. The summed E-state index contributed by atoms with van der Waals surface area (Å²) in [4.78, 5) is 3.53. The SMILES string of the molecule is OCC(NCc1nc(C(F)(F)F)cs1)c1ccccc1. The van der Waals surface area contributed by atoms with E-state index in [1.54, 1.807) is 0 Å². The monoisotopic (exact) mass is 302 g/mol. The lowest BCUT2D eigenvalue weighted by Gasteiger charge is -2.15. The fourth-order valence-corrected chi connectivity index (χ4v) is 2.46. The highest BCUT2D eigenvalue weighted by molar-refractivity contribution is 7.09. The number of hydrogen-bond donors (Lipinski definition) is 2. The van der Waals surface area contributed by atoms with Crippen LogP contribution in [0.15, 0.2) is 35.7 Å². The number of benzene rings is 1. The third-order valence-electron chi connectivity index (χ3n) is 2.73. The molecule has 1 aromatic carbocycles. The highest BCUT2D eigenvalue weighted by atomic mass is 32.1. The van der Waals surface area contributed by atoms with Gasteiger partial charge in [0.25, 0.3) is 0 Å². The minimum atomic E-state index is -4.41. The zero-order valence-corrected chi connectivity index (χ0v) is 11.2. The van der Waals surface area contributed by atoms with Gasteiger partial charge in [0.2, 0.25) is 0 Å². The number of halogens is 3. The third-order valence-corrected chi connectivity index (χ3v) is 3.58. The van der Waals surface area contributed by atoms with Gasteiger partial charge in [-0.05, 0) is 5.56 Å².